The third-order valence-electron chi connectivity index (χ3n) is 8.44. The number of aliphatic imine (C=N–C) groups is 1. The molecule has 2 aliphatic rings. The van der Waals surface area contributed by atoms with Crippen LogP contribution in [0.4, 0.5) is 5.69 Å². The highest BCUT2D eigenvalue weighted by Gasteiger charge is 2.46. The highest BCUT2D eigenvalue weighted by molar-refractivity contribution is 7.89. The number of unbranched alkanes of at least 4 members (excludes halogenated alkanes) is 6. The number of sulfonamides is 1. The van der Waals surface area contributed by atoms with E-state index in [-0.39, 0.29) is 30.6 Å². The molecular formula is C31H49BN3O6S. The normalized spacial score (nSPS) is 17.0. The average molecular weight is 603 g/mol. The first-order chi connectivity index (χ1) is 20.1. The number of carbonyl (C=O) groups is 2. The summed E-state index contributed by atoms with van der Waals surface area (Å²) in [6.45, 7) is 7.06. The number of hydrogen-bond acceptors (Lipinski definition) is 7. The molecule has 2 heterocycles. The molecule has 0 aromatic heterocycles. The molecule has 2 aliphatic heterocycles. The van der Waals surface area contributed by atoms with Crippen LogP contribution in [0.25, 0.3) is 0 Å². The zero-order chi connectivity index (χ0) is 30.6. The van der Waals surface area contributed by atoms with E-state index in [1.54, 1.807) is 12.2 Å². The molecule has 1 fully saturated rings. The maximum Gasteiger partial charge on any atom is 0.263 e. The lowest BCUT2D eigenvalue weighted by Crippen LogP contribution is -2.49. The van der Waals surface area contributed by atoms with Crippen molar-refractivity contribution in [3.8, 4) is 0 Å². The van der Waals surface area contributed by atoms with Gasteiger partial charge in [-0.15, -0.1) is 0 Å². The monoisotopic (exact) mass is 602 g/mol. The Labute approximate surface area is 253 Å². The molecule has 0 unspecified atom stereocenters. The van der Waals surface area contributed by atoms with E-state index in [9.17, 15) is 18.0 Å². The number of piperidine rings is 1. The summed E-state index contributed by atoms with van der Waals surface area (Å²) in [5.74, 6) is -0.133. The van der Waals surface area contributed by atoms with E-state index < -0.39 is 15.6 Å². The quantitative estimate of drug-likeness (QED) is 0.202. The molecule has 0 bridgehead atoms. The molecule has 1 amide bonds. The van der Waals surface area contributed by atoms with Crippen molar-refractivity contribution in [2.75, 3.05) is 50.1 Å². The molecule has 1 saturated heterocycles. The highest BCUT2D eigenvalue weighted by Crippen LogP contribution is 2.33. The van der Waals surface area contributed by atoms with Crippen LogP contribution in [0.1, 0.15) is 89.2 Å². The van der Waals surface area contributed by atoms with Crippen molar-refractivity contribution in [1.82, 2.24) is 4.31 Å². The lowest BCUT2D eigenvalue weighted by molar-refractivity contribution is -0.117. The van der Waals surface area contributed by atoms with Crippen LogP contribution >= 0.6 is 0 Å². The van der Waals surface area contributed by atoms with Gasteiger partial charge in [0.15, 0.2) is 0 Å². The number of aliphatic hydroxyl groups is 1. The molecular weight excluding hydrogens is 553 g/mol. The molecule has 11 heteroatoms. The zero-order valence-electron chi connectivity index (χ0n) is 25.8. The molecule has 1 aromatic rings. The number of anilines is 1. The van der Waals surface area contributed by atoms with Crippen LogP contribution in [-0.4, -0.2) is 93.1 Å². The van der Waals surface area contributed by atoms with Gasteiger partial charge in [0.2, 0.25) is 15.9 Å². The fraction of sp³-hybridized carbons (Fsp3) is 0.710. The van der Waals surface area contributed by atoms with Crippen molar-refractivity contribution in [3.63, 3.8) is 0 Å². The Morgan fingerprint density at radius 1 is 1.10 bits per heavy atom. The lowest BCUT2D eigenvalue weighted by atomic mass is 9.62. The predicted octanol–water partition coefficient (Wildman–Crippen LogP) is 3.85. The molecule has 3 rings (SSSR count). The Morgan fingerprint density at radius 2 is 1.79 bits per heavy atom. The number of hydrogen-bond donors (Lipinski definition) is 1. The maximum absolute atomic E-state index is 13.2. The van der Waals surface area contributed by atoms with E-state index in [2.05, 4.69) is 6.92 Å². The summed E-state index contributed by atoms with van der Waals surface area (Å²) in [5.41, 5.74) is 2.69. The van der Waals surface area contributed by atoms with Crippen molar-refractivity contribution in [1.29, 1.82) is 0 Å². The van der Waals surface area contributed by atoms with Crippen molar-refractivity contribution in [2.24, 2.45) is 4.99 Å². The summed E-state index contributed by atoms with van der Waals surface area (Å²) in [6, 6.07) is 5.60. The SMILES string of the molecule is CCCCCCCCCC1=NC2(CCN(S(=O)(=O)CCc3ccc(N(CCOCCO)C(C)=O)cc3C)CC2)C(=O)[B]1. The Bertz CT molecular complexity index is 1180. The van der Waals surface area contributed by atoms with Gasteiger partial charge in [-0.3, -0.25) is 9.79 Å². The first-order valence-electron chi connectivity index (χ1n) is 15.6. The van der Waals surface area contributed by atoms with Gasteiger partial charge in [-0.25, -0.2) is 12.7 Å². The number of rotatable bonds is 18. The summed E-state index contributed by atoms with van der Waals surface area (Å²) < 4.78 is 33.3. The Morgan fingerprint density at radius 3 is 2.43 bits per heavy atom. The number of carbonyl (C=O) groups excluding carboxylic acids is 2. The Balaban J connectivity index is 1.50. The summed E-state index contributed by atoms with van der Waals surface area (Å²) >= 11 is 0. The smallest absolute Gasteiger partial charge is 0.263 e. The molecule has 9 nitrogen and oxygen atoms in total. The van der Waals surface area contributed by atoms with Gasteiger partial charge in [-0.05, 0) is 67.9 Å². The van der Waals surface area contributed by atoms with Gasteiger partial charge in [0.25, 0.3) is 7.28 Å². The van der Waals surface area contributed by atoms with Gasteiger partial charge in [0.05, 0.1) is 25.6 Å². The van der Waals surface area contributed by atoms with E-state index in [4.69, 9.17) is 14.8 Å². The predicted molar refractivity (Wildman–Crippen MR) is 169 cm³/mol. The summed E-state index contributed by atoms with van der Waals surface area (Å²) in [7, 11) is -1.80. The minimum atomic E-state index is -3.50. The Kier molecular flexibility index (Phi) is 13.7. The third kappa shape index (κ3) is 9.72. The van der Waals surface area contributed by atoms with E-state index in [1.165, 1.54) is 43.3 Å². The van der Waals surface area contributed by atoms with Gasteiger partial charge >= 0.3 is 0 Å². The van der Waals surface area contributed by atoms with Gasteiger partial charge in [-0.1, -0.05) is 51.5 Å². The zero-order valence-corrected chi connectivity index (χ0v) is 26.6. The average Bonchev–Trinajstić information content (AvgIpc) is 3.25. The van der Waals surface area contributed by atoms with E-state index >= 15 is 0 Å². The standard InChI is InChI=1S/C31H49BN3O6S/c1-4-5-6-7-8-9-10-11-29-32-30(38)31(33-29)15-17-34(18-16-31)42(39,40)23-14-27-12-13-28(24-25(27)2)35(26(3)37)19-21-41-22-20-36/h12-13,24,36H,4-11,14-23H2,1-3H3. The van der Waals surface area contributed by atoms with E-state index in [1.807, 2.05) is 25.1 Å². The highest BCUT2D eigenvalue weighted by atomic mass is 32.2. The Hall–Kier alpha value is -2.08. The minimum absolute atomic E-state index is 0.0154. The van der Waals surface area contributed by atoms with E-state index in [0.29, 0.717) is 45.5 Å². The van der Waals surface area contributed by atoms with Crippen LogP contribution in [0.15, 0.2) is 23.2 Å². The summed E-state index contributed by atoms with van der Waals surface area (Å²) in [6.07, 6.45) is 10.6. The van der Waals surface area contributed by atoms with Crippen molar-refractivity contribution < 1.29 is 27.9 Å². The first kappa shape index (κ1) is 34.4. The van der Waals surface area contributed by atoms with Gasteiger partial charge in [0, 0.05) is 32.2 Å². The molecule has 1 spiro atoms. The second-order valence-electron chi connectivity index (χ2n) is 11.6. The molecule has 0 saturated carbocycles. The van der Waals surface area contributed by atoms with E-state index in [0.717, 1.165) is 41.7 Å². The first-order valence-corrected chi connectivity index (χ1v) is 17.2. The minimum Gasteiger partial charge on any atom is -0.394 e. The van der Waals surface area contributed by atoms with Crippen molar-refractivity contribution >= 4 is 40.2 Å². The van der Waals surface area contributed by atoms with Crippen LogP contribution in [0.3, 0.4) is 0 Å². The third-order valence-corrected chi connectivity index (χ3v) is 10.3. The summed E-state index contributed by atoms with van der Waals surface area (Å²) in [4.78, 5) is 31.5. The summed E-state index contributed by atoms with van der Waals surface area (Å²) in [5, 5.41) is 8.87. The second-order valence-corrected chi connectivity index (χ2v) is 13.7. The molecule has 1 aromatic carbocycles. The number of benzene rings is 1. The van der Waals surface area contributed by atoms with Crippen molar-refractivity contribution in [2.45, 2.75) is 96.9 Å². The van der Waals surface area contributed by atoms with Gasteiger partial charge < -0.3 is 19.5 Å². The molecule has 0 aliphatic carbocycles. The van der Waals surface area contributed by atoms with Gasteiger partial charge in [0.1, 0.15) is 11.2 Å². The fourth-order valence-electron chi connectivity index (χ4n) is 5.82. The maximum atomic E-state index is 13.2. The molecule has 42 heavy (non-hydrogen) atoms. The van der Waals surface area contributed by atoms with Crippen molar-refractivity contribution in [3.05, 3.63) is 29.3 Å². The number of aliphatic hydroxyl groups excluding tert-OH is 1. The number of aryl methyl sites for hydroxylation is 2. The number of nitrogens with zero attached hydrogens (tertiary/aromatic N) is 3. The van der Waals surface area contributed by atoms with Crippen LogP contribution < -0.4 is 4.90 Å². The molecule has 0 atom stereocenters. The number of ether oxygens (including phenoxy) is 1. The van der Waals surface area contributed by atoms with Crippen LogP contribution in [0, 0.1) is 6.92 Å². The largest absolute Gasteiger partial charge is 0.394 e. The molecule has 1 N–H and O–H groups in total. The second kappa shape index (κ2) is 16.7. The molecule has 1 radical (unpaired) electrons. The number of amides is 1. The van der Waals surface area contributed by atoms with Crippen LogP contribution in [-0.2, 0) is 30.8 Å². The van der Waals surface area contributed by atoms with Crippen LogP contribution in [0.5, 0.6) is 0 Å². The fourth-order valence-corrected chi connectivity index (χ4v) is 7.29. The lowest BCUT2D eigenvalue weighted by Gasteiger charge is -2.36. The van der Waals surface area contributed by atoms with Crippen LogP contribution in [0.2, 0.25) is 0 Å². The van der Waals surface area contributed by atoms with Gasteiger partial charge in [-0.2, -0.15) is 0 Å². The molecule has 233 valence electrons. The topological polar surface area (TPSA) is 117 Å².